The summed E-state index contributed by atoms with van der Waals surface area (Å²) < 4.78 is 0. The molecular formula is C12H17Cl. The number of hydrogen-bond acceptors (Lipinski definition) is 0. The molecule has 0 N–H and O–H groups in total. The number of hydrogen-bond donors (Lipinski definition) is 0. The second kappa shape index (κ2) is 4.66. The van der Waals surface area contributed by atoms with Crippen LogP contribution in [0.25, 0.3) is 0 Å². The topological polar surface area (TPSA) is 0 Å². The van der Waals surface area contributed by atoms with Gasteiger partial charge in [-0.25, -0.2) is 0 Å². The Hall–Kier alpha value is -0.490. The van der Waals surface area contributed by atoms with E-state index in [2.05, 4.69) is 45.0 Å². The largest absolute Gasteiger partial charge is 0.126 e. The molecule has 72 valence electrons. The first-order valence-electron chi connectivity index (χ1n) is 4.81. The summed E-state index contributed by atoms with van der Waals surface area (Å²) >= 11 is 5.79. The van der Waals surface area contributed by atoms with Crippen molar-refractivity contribution in [2.75, 3.05) is 5.88 Å². The summed E-state index contributed by atoms with van der Waals surface area (Å²) in [6.07, 6.45) is 0. The molecule has 0 aliphatic carbocycles. The molecule has 1 aromatic rings. The second-order valence-corrected chi connectivity index (χ2v) is 4.19. The van der Waals surface area contributed by atoms with Crippen LogP contribution in [0.5, 0.6) is 0 Å². The zero-order valence-corrected chi connectivity index (χ0v) is 9.31. The van der Waals surface area contributed by atoms with Gasteiger partial charge in [-0.15, -0.1) is 11.6 Å². The molecule has 13 heavy (non-hydrogen) atoms. The van der Waals surface area contributed by atoms with E-state index in [0.717, 1.165) is 0 Å². The van der Waals surface area contributed by atoms with Crippen LogP contribution in [0.3, 0.4) is 0 Å². The van der Waals surface area contributed by atoms with Crippen molar-refractivity contribution in [3.05, 3.63) is 35.4 Å². The number of benzene rings is 1. The van der Waals surface area contributed by atoms with Crippen molar-refractivity contribution in [2.45, 2.75) is 32.6 Å². The van der Waals surface area contributed by atoms with Crippen molar-refractivity contribution in [1.29, 1.82) is 0 Å². The van der Waals surface area contributed by atoms with E-state index in [1.807, 2.05) is 0 Å². The quantitative estimate of drug-likeness (QED) is 0.638. The monoisotopic (exact) mass is 196 g/mol. The lowest BCUT2D eigenvalue weighted by atomic mass is 9.97. The lowest BCUT2D eigenvalue weighted by Crippen LogP contribution is -1.95. The van der Waals surface area contributed by atoms with E-state index < -0.39 is 0 Å². The van der Waals surface area contributed by atoms with E-state index in [-0.39, 0.29) is 0 Å². The zero-order chi connectivity index (χ0) is 9.84. The maximum atomic E-state index is 5.79. The van der Waals surface area contributed by atoms with Crippen LogP contribution in [-0.4, -0.2) is 5.88 Å². The molecule has 0 heterocycles. The zero-order valence-electron chi connectivity index (χ0n) is 8.55. The molecule has 0 saturated carbocycles. The van der Waals surface area contributed by atoms with Crippen molar-refractivity contribution in [1.82, 2.24) is 0 Å². The molecule has 1 unspecified atom stereocenters. The lowest BCUT2D eigenvalue weighted by molar-refractivity contribution is 0.848. The van der Waals surface area contributed by atoms with E-state index in [1.165, 1.54) is 11.1 Å². The lowest BCUT2D eigenvalue weighted by Gasteiger charge is -2.10. The summed E-state index contributed by atoms with van der Waals surface area (Å²) in [6, 6.07) is 8.76. The van der Waals surface area contributed by atoms with Crippen molar-refractivity contribution < 1.29 is 0 Å². The van der Waals surface area contributed by atoms with Crippen LogP contribution in [-0.2, 0) is 0 Å². The maximum absolute atomic E-state index is 5.79. The van der Waals surface area contributed by atoms with Gasteiger partial charge in [0.15, 0.2) is 0 Å². The van der Waals surface area contributed by atoms with Crippen molar-refractivity contribution in [3.8, 4) is 0 Å². The van der Waals surface area contributed by atoms with Crippen LogP contribution >= 0.6 is 11.6 Å². The highest BCUT2D eigenvalue weighted by atomic mass is 35.5. The van der Waals surface area contributed by atoms with E-state index in [0.29, 0.717) is 17.7 Å². The first-order valence-corrected chi connectivity index (χ1v) is 5.34. The number of halogens is 1. The van der Waals surface area contributed by atoms with E-state index in [1.54, 1.807) is 0 Å². The average molecular weight is 197 g/mol. The molecule has 0 saturated heterocycles. The van der Waals surface area contributed by atoms with Gasteiger partial charge in [0, 0.05) is 5.88 Å². The molecule has 0 aromatic heterocycles. The molecule has 0 spiro atoms. The first-order chi connectivity index (χ1) is 6.15. The maximum Gasteiger partial charge on any atom is 0.0289 e. The van der Waals surface area contributed by atoms with Crippen molar-refractivity contribution in [3.63, 3.8) is 0 Å². The van der Waals surface area contributed by atoms with Crippen molar-refractivity contribution in [2.24, 2.45) is 0 Å². The smallest absolute Gasteiger partial charge is 0.0289 e. The molecule has 1 atom stereocenters. The van der Waals surface area contributed by atoms with Gasteiger partial charge >= 0.3 is 0 Å². The van der Waals surface area contributed by atoms with Gasteiger partial charge in [-0.1, -0.05) is 45.0 Å². The summed E-state index contributed by atoms with van der Waals surface area (Å²) in [6.45, 7) is 6.57. The summed E-state index contributed by atoms with van der Waals surface area (Å²) in [5.74, 6) is 1.77. The fraction of sp³-hybridized carbons (Fsp3) is 0.500. The minimum absolute atomic E-state index is 0.461. The van der Waals surface area contributed by atoms with Gasteiger partial charge in [0.05, 0.1) is 0 Å². The molecule has 0 radical (unpaired) electrons. The molecule has 0 nitrogen and oxygen atoms in total. The van der Waals surface area contributed by atoms with Gasteiger partial charge in [-0.2, -0.15) is 0 Å². The molecular weight excluding hydrogens is 180 g/mol. The normalized spacial score (nSPS) is 13.3. The molecule has 0 aliphatic heterocycles. The van der Waals surface area contributed by atoms with E-state index in [4.69, 9.17) is 11.6 Å². The van der Waals surface area contributed by atoms with Gasteiger partial charge in [0.1, 0.15) is 0 Å². The molecule has 1 heteroatoms. The summed E-state index contributed by atoms with van der Waals surface area (Å²) in [7, 11) is 0. The standard InChI is InChI=1S/C12H17Cl/c1-9(2)11-4-6-12(7-5-11)10(3)8-13/h4-7,9-10H,8H2,1-3H3. The van der Waals surface area contributed by atoms with Gasteiger partial charge in [-0.05, 0) is 23.0 Å². The molecule has 0 aliphatic rings. The Morgan fingerprint density at radius 1 is 1.00 bits per heavy atom. The fourth-order valence-corrected chi connectivity index (χ4v) is 1.48. The molecule has 0 bridgehead atoms. The van der Waals surface area contributed by atoms with Gasteiger partial charge in [-0.3, -0.25) is 0 Å². The van der Waals surface area contributed by atoms with Gasteiger partial charge < -0.3 is 0 Å². The van der Waals surface area contributed by atoms with Crippen LogP contribution in [0.15, 0.2) is 24.3 Å². The molecule has 1 rings (SSSR count). The SMILES string of the molecule is CC(C)c1ccc(C(C)CCl)cc1. The Morgan fingerprint density at radius 2 is 1.46 bits per heavy atom. The number of rotatable bonds is 3. The second-order valence-electron chi connectivity index (χ2n) is 3.88. The van der Waals surface area contributed by atoms with Crippen molar-refractivity contribution >= 4 is 11.6 Å². The molecule has 1 aromatic carbocycles. The highest BCUT2D eigenvalue weighted by Gasteiger charge is 2.04. The van der Waals surface area contributed by atoms with Gasteiger partial charge in [0.25, 0.3) is 0 Å². The molecule has 0 fully saturated rings. The molecule has 0 amide bonds. The van der Waals surface area contributed by atoms with Gasteiger partial charge in [0.2, 0.25) is 0 Å². The average Bonchev–Trinajstić information content (AvgIpc) is 2.17. The van der Waals surface area contributed by atoms with Crippen LogP contribution in [0.2, 0.25) is 0 Å². The predicted octanol–water partition coefficient (Wildman–Crippen LogP) is 4.15. The summed E-state index contributed by atoms with van der Waals surface area (Å²) in [5, 5.41) is 0. The highest BCUT2D eigenvalue weighted by Crippen LogP contribution is 2.20. The third kappa shape index (κ3) is 2.73. The minimum atomic E-state index is 0.461. The Balaban J connectivity index is 2.81. The van der Waals surface area contributed by atoms with Crippen LogP contribution in [0.1, 0.15) is 43.7 Å². The third-order valence-electron chi connectivity index (χ3n) is 2.40. The highest BCUT2D eigenvalue weighted by molar-refractivity contribution is 6.18. The predicted molar refractivity (Wildman–Crippen MR) is 59.7 cm³/mol. The van der Waals surface area contributed by atoms with E-state index >= 15 is 0 Å². The van der Waals surface area contributed by atoms with Crippen LogP contribution in [0.4, 0.5) is 0 Å². The van der Waals surface area contributed by atoms with Crippen LogP contribution < -0.4 is 0 Å². The summed E-state index contributed by atoms with van der Waals surface area (Å²) in [4.78, 5) is 0. The first kappa shape index (κ1) is 10.6. The fourth-order valence-electron chi connectivity index (χ4n) is 1.30. The number of alkyl halides is 1. The Morgan fingerprint density at radius 3 is 1.85 bits per heavy atom. The Labute approximate surface area is 85.9 Å². The Bertz CT molecular complexity index is 248. The third-order valence-corrected chi connectivity index (χ3v) is 2.87. The van der Waals surface area contributed by atoms with E-state index in [9.17, 15) is 0 Å². The van der Waals surface area contributed by atoms with Crippen LogP contribution in [0, 0.1) is 0 Å². The summed E-state index contributed by atoms with van der Waals surface area (Å²) in [5.41, 5.74) is 2.73. The minimum Gasteiger partial charge on any atom is -0.126 e. The Kier molecular flexibility index (Phi) is 3.80.